The molecule has 4 rings (SSSR count). The minimum absolute atomic E-state index is 0.00984. The van der Waals surface area contributed by atoms with Gasteiger partial charge in [-0.15, -0.1) is 11.3 Å². The molecule has 3 N–H and O–H groups in total. The van der Waals surface area contributed by atoms with E-state index in [1.54, 1.807) is 24.7 Å². The normalized spacial score (nSPS) is 12.3. The Bertz CT molecular complexity index is 1560. The van der Waals surface area contributed by atoms with E-state index in [9.17, 15) is 28.5 Å². The molecule has 194 valence electrons. The Balaban J connectivity index is 1.89. The number of thiophene rings is 1. The van der Waals surface area contributed by atoms with Crippen LogP contribution in [-0.4, -0.2) is 41.3 Å². The first kappa shape index (κ1) is 25.8. The van der Waals surface area contributed by atoms with E-state index in [2.05, 4.69) is 20.5 Å². The number of fused-ring (bicyclic) bond motifs is 1. The van der Waals surface area contributed by atoms with Crippen molar-refractivity contribution >= 4 is 44.9 Å². The molecule has 1 unspecified atom stereocenters. The summed E-state index contributed by atoms with van der Waals surface area (Å²) in [5.41, 5.74) is 6.82. The number of aryl methyl sites for hydroxylation is 3. The van der Waals surface area contributed by atoms with Crippen molar-refractivity contribution in [1.82, 2.24) is 24.5 Å². The second-order valence-electron chi connectivity index (χ2n) is 8.24. The lowest BCUT2D eigenvalue weighted by molar-refractivity contribution is -0.389. The number of anilines is 1. The van der Waals surface area contributed by atoms with Crippen molar-refractivity contribution in [1.29, 1.82) is 0 Å². The topological polar surface area (TPSA) is 164 Å². The number of aromatic nitrogens is 5. The van der Waals surface area contributed by atoms with Crippen LogP contribution in [0.2, 0.25) is 0 Å². The number of nitrogens with two attached hydrogens (primary N) is 1. The highest BCUT2D eigenvalue weighted by Gasteiger charge is 2.29. The summed E-state index contributed by atoms with van der Waals surface area (Å²) >= 11 is 0.779. The van der Waals surface area contributed by atoms with Crippen molar-refractivity contribution in [2.75, 3.05) is 5.32 Å². The zero-order chi connectivity index (χ0) is 27.2. The van der Waals surface area contributed by atoms with Crippen molar-refractivity contribution in [2.45, 2.75) is 46.7 Å². The van der Waals surface area contributed by atoms with Crippen molar-refractivity contribution in [3.8, 4) is 11.1 Å². The summed E-state index contributed by atoms with van der Waals surface area (Å²) in [4.78, 5) is 40.0. The predicted octanol–water partition coefficient (Wildman–Crippen LogP) is 4.14. The Morgan fingerprint density at radius 2 is 1.95 bits per heavy atom. The Kier molecular flexibility index (Phi) is 6.73. The van der Waals surface area contributed by atoms with E-state index < -0.39 is 40.7 Å². The number of nitrogens with one attached hydrogen (secondary N) is 1. The maximum absolute atomic E-state index is 13.7. The van der Waals surface area contributed by atoms with Crippen LogP contribution in [0.3, 0.4) is 0 Å². The van der Waals surface area contributed by atoms with Crippen LogP contribution in [0.5, 0.6) is 0 Å². The molecule has 15 heteroatoms. The summed E-state index contributed by atoms with van der Waals surface area (Å²) in [6, 6.07) is 1.40. The van der Waals surface area contributed by atoms with Gasteiger partial charge in [0.15, 0.2) is 0 Å². The Morgan fingerprint density at radius 1 is 1.24 bits per heavy atom. The minimum Gasteiger partial charge on any atom is -0.365 e. The van der Waals surface area contributed by atoms with Gasteiger partial charge in [-0.3, -0.25) is 14.3 Å². The molecule has 0 saturated carbocycles. The van der Waals surface area contributed by atoms with Gasteiger partial charge in [0.25, 0.3) is 18.2 Å². The highest BCUT2D eigenvalue weighted by molar-refractivity contribution is 7.21. The molecule has 37 heavy (non-hydrogen) atoms. The number of alkyl halides is 2. The second kappa shape index (κ2) is 9.65. The fourth-order valence-corrected chi connectivity index (χ4v) is 4.98. The molecule has 0 spiro atoms. The molecule has 4 aromatic rings. The molecule has 0 aliphatic rings. The van der Waals surface area contributed by atoms with E-state index >= 15 is 0 Å². The van der Waals surface area contributed by atoms with Gasteiger partial charge in [-0.2, -0.15) is 9.78 Å². The van der Waals surface area contributed by atoms with Crippen LogP contribution in [0.1, 0.15) is 53.1 Å². The highest BCUT2D eigenvalue weighted by atomic mass is 32.1. The summed E-state index contributed by atoms with van der Waals surface area (Å²) in [6.45, 7) is 7.14. The molecule has 2 amide bonds. The Hall–Kier alpha value is -4.27. The first-order valence-corrected chi connectivity index (χ1v) is 11.9. The summed E-state index contributed by atoms with van der Waals surface area (Å²) in [6.07, 6.45) is -1.21. The number of nitro groups is 1. The summed E-state index contributed by atoms with van der Waals surface area (Å²) < 4.78 is 30.3. The smallest absolute Gasteiger partial charge is 0.365 e. The maximum Gasteiger partial charge on any atom is 0.390 e. The monoisotopic (exact) mass is 532 g/mol. The molecule has 4 heterocycles. The maximum atomic E-state index is 13.7. The average Bonchev–Trinajstić information content (AvgIpc) is 3.52. The third-order valence-electron chi connectivity index (χ3n) is 5.78. The lowest BCUT2D eigenvalue weighted by Crippen LogP contribution is -2.26. The van der Waals surface area contributed by atoms with Crippen LogP contribution in [0.25, 0.3) is 21.3 Å². The predicted molar refractivity (Wildman–Crippen MR) is 132 cm³/mol. The molecule has 0 fully saturated rings. The number of carbonyl (C=O) groups is 2. The van der Waals surface area contributed by atoms with E-state index in [0.717, 1.165) is 11.3 Å². The van der Waals surface area contributed by atoms with Crippen LogP contribution in [0.4, 0.5) is 20.3 Å². The number of pyridine rings is 1. The molecule has 4 aromatic heterocycles. The molecule has 0 saturated heterocycles. The first-order chi connectivity index (χ1) is 17.4. The van der Waals surface area contributed by atoms with Crippen molar-refractivity contribution < 1.29 is 23.3 Å². The Labute approximate surface area is 212 Å². The molecule has 1 atom stereocenters. The summed E-state index contributed by atoms with van der Waals surface area (Å²) in [5, 5.41) is 22.3. The average molecular weight is 533 g/mol. The second-order valence-corrected chi connectivity index (χ2v) is 9.24. The summed E-state index contributed by atoms with van der Waals surface area (Å²) in [5.74, 6) is -1.97. The molecule has 0 aromatic carbocycles. The molecular weight excluding hydrogens is 510 g/mol. The largest absolute Gasteiger partial charge is 0.390 e. The quantitative estimate of drug-likeness (QED) is 0.254. The van der Waals surface area contributed by atoms with Gasteiger partial charge < -0.3 is 21.2 Å². The molecule has 0 bridgehead atoms. The number of primary amides is 1. The molecular formula is C22H22F2N8O4S. The van der Waals surface area contributed by atoms with Crippen LogP contribution in [-0.2, 0) is 11.3 Å². The van der Waals surface area contributed by atoms with Gasteiger partial charge in [0.05, 0.1) is 28.2 Å². The van der Waals surface area contributed by atoms with Crippen molar-refractivity contribution in [3.63, 3.8) is 0 Å². The third-order valence-corrected chi connectivity index (χ3v) is 6.88. The van der Waals surface area contributed by atoms with E-state index in [1.165, 1.54) is 23.7 Å². The Morgan fingerprint density at radius 3 is 2.49 bits per heavy atom. The number of halogens is 2. The zero-order valence-corrected chi connectivity index (χ0v) is 21.0. The van der Waals surface area contributed by atoms with E-state index in [4.69, 9.17) is 5.73 Å². The minimum atomic E-state index is -2.89. The lowest BCUT2D eigenvalue weighted by atomic mass is 10.0. The van der Waals surface area contributed by atoms with Gasteiger partial charge >= 0.3 is 5.82 Å². The fraction of sp³-hybridized carbons (Fsp3) is 0.318. The fourth-order valence-electron chi connectivity index (χ4n) is 3.97. The summed E-state index contributed by atoms with van der Waals surface area (Å²) in [7, 11) is 0. The SMILES string of the molecule is CCn1cc(-c2cc(C(F)F)nc3sc(C(N)=O)c(NC(=O)C(C)n4nc([N+](=O)[O-])cc4C)c23)c(C)n1. The standard InChI is InChI=1S/C22H22F2N8O4S/c1-5-30-8-13(10(3)28-30)12-7-14(19(23)24)26-22-16(12)17(18(37-22)20(25)33)27-21(34)11(4)31-9(2)6-15(29-31)32(35)36/h6-8,11,19H,5H2,1-4H3,(H2,25,33)(H,27,34). The van der Waals surface area contributed by atoms with E-state index in [1.807, 2.05) is 6.92 Å². The zero-order valence-electron chi connectivity index (χ0n) is 20.2. The van der Waals surface area contributed by atoms with Gasteiger partial charge in [-0.1, -0.05) is 0 Å². The van der Waals surface area contributed by atoms with Gasteiger partial charge in [0, 0.05) is 23.7 Å². The van der Waals surface area contributed by atoms with E-state index in [0.29, 0.717) is 29.1 Å². The molecule has 0 aliphatic heterocycles. The van der Waals surface area contributed by atoms with Gasteiger partial charge in [-0.05, 0) is 44.2 Å². The molecule has 0 radical (unpaired) electrons. The molecule has 0 aliphatic carbocycles. The van der Waals surface area contributed by atoms with Gasteiger partial charge in [0.1, 0.15) is 21.4 Å². The van der Waals surface area contributed by atoms with Crippen molar-refractivity contribution in [2.24, 2.45) is 5.73 Å². The van der Waals surface area contributed by atoms with Crippen LogP contribution in [0.15, 0.2) is 18.3 Å². The van der Waals surface area contributed by atoms with Gasteiger partial charge in [-0.25, -0.2) is 13.8 Å². The number of rotatable bonds is 8. The van der Waals surface area contributed by atoms with Crippen molar-refractivity contribution in [3.05, 3.63) is 50.4 Å². The first-order valence-electron chi connectivity index (χ1n) is 11.0. The van der Waals surface area contributed by atoms with Crippen LogP contribution < -0.4 is 11.1 Å². The number of carbonyl (C=O) groups excluding carboxylic acids is 2. The number of nitrogens with zero attached hydrogens (tertiary/aromatic N) is 6. The molecule has 12 nitrogen and oxygen atoms in total. The van der Waals surface area contributed by atoms with Crippen LogP contribution in [0, 0.1) is 24.0 Å². The van der Waals surface area contributed by atoms with Gasteiger partial charge in [0.2, 0.25) is 0 Å². The number of amides is 2. The number of hydrogen-bond acceptors (Lipinski definition) is 8. The highest BCUT2D eigenvalue weighted by Crippen LogP contribution is 2.43. The number of hydrogen-bond donors (Lipinski definition) is 2. The van der Waals surface area contributed by atoms with E-state index in [-0.39, 0.29) is 20.8 Å². The third kappa shape index (κ3) is 4.64. The lowest BCUT2D eigenvalue weighted by Gasteiger charge is -2.13. The van der Waals surface area contributed by atoms with Crippen LogP contribution >= 0.6 is 11.3 Å².